The molecule has 2 aromatic rings. The summed E-state index contributed by atoms with van der Waals surface area (Å²) >= 11 is 0. The van der Waals surface area contributed by atoms with Crippen LogP contribution in [-0.2, 0) is 12.8 Å². The quantitative estimate of drug-likeness (QED) is 0.469. The average Bonchev–Trinajstić information content (AvgIpc) is 2.71. The van der Waals surface area contributed by atoms with Crippen molar-refractivity contribution in [2.24, 2.45) is 5.92 Å². The highest BCUT2D eigenvalue weighted by atomic mass is 19.4. The highest BCUT2D eigenvalue weighted by Gasteiger charge is 2.30. The van der Waals surface area contributed by atoms with Crippen molar-refractivity contribution >= 4 is 0 Å². The number of rotatable bonds is 7. The average molecular weight is 390 g/mol. The zero-order chi connectivity index (χ0) is 20.0. The molecule has 1 saturated carbocycles. The van der Waals surface area contributed by atoms with E-state index in [1.807, 2.05) is 0 Å². The Morgan fingerprint density at radius 1 is 0.893 bits per heavy atom. The molecule has 0 unspecified atom stereocenters. The summed E-state index contributed by atoms with van der Waals surface area (Å²) in [6.07, 6.45) is 4.92. The fraction of sp³-hybridized carbons (Fsp3) is 0.500. The molecule has 0 spiro atoms. The maximum Gasteiger partial charge on any atom is 0.416 e. The number of halogens is 3. The monoisotopic (exact) mass is 390 g/mol. The molecule has 0 atom stereocenters. The summed E-state index contributed by atoms with van der Waals surface area (Å²) in [6.45, 7) is 2.61. The molecular weight excluding hydrogens is 361 g/mol. The highest BCUT2D eigenvalue weighted by Crippen LogP contribution is 2.37. The van der Waals surface area contributed by atoms with Gasteiger partial charge < -0.3 is 4.74 Å². The normalized spacial score (nSPS) is 20.1. The maximum absolute atomic E-state index is 12.6. The van der Waals surface area contributed by atoms with E-state index in [1.54, 1.807) is 0 Å². The molecule has 2 aromatic carbocycles. The maximum atomic E-state index is 12.6. The molecule has 28 heavy (non-hydrogen) atoms. The zero-order valence-electron chi connectivity index (χ0n) is 16.5. The van der Waals surface area contributed by atoms with Crippen LogP contribution in [0.1, 0.15) is 74.5 Å². The Morgan fingerprint density at radius 3 is 2.11 bits per heavy atom. The standard InChI is InChI=1S/C24H29F3O/c1-2-3-4-18-5-9-20(10-6-18)21-11-7-19(8-12-21)17-28-23-15-13-22(14-16-23)24(25,26)27/h7-8,11-16,18,20H,2-6,9-10,17H2,1H3. The van der Waals surface area contributed by atoms with Crippen molar-refractivity contribution in [1.29, 1.82) is 0 Å². The third-order valence-electron chi connectivity index (χ3n) is 5.85. The number of unbranched alkanes of at least 4 members (excludes halogenated alkanes) is 1. The van der Waals surface area contributed by atoms with Gasteiger partial charge in [0, 0.05) is 0 Å². The van der Waals surface area contributed by atoms with Gasteiger partial charge in [0.25, 0.3) is 0 Å². The van der Waals surface area contributed by atoms with E-state index in [-0.39, 0.29) is 0 Å². The lowest BCUT2D eigenvalue weighted by Crippen LogP contribution is -2.13. The Morgan fingerprint density at radius 2 is 1.54 bits per heavy atom. The molecular formula is C24H29F3O. The van der Waals surface area contributed by atoms with Crippen LogP contribution in [0.2, 0.25) is 0 Å². The second-order valence-corrected chi connectivity index (χ2v) is 7.91. The van der Waals surface area contributed by atoms with Crippen LogP contribution >= 0.6 is 0 Å². The van der Waals surface area contributed by atoms with Crippen LogP contribution in [0.4, 0.5) is 13.2 Å². The Kier molecular flexibility index (Phi) is 7.03. The minimum absolute atomic E-state index is 0.357. The van der Waals surface area contributed by atoms with E-state index in [0.717, 1.165) is 23.6 Å². The van der Waals surface area contributed by atoms with Crippen molar-refractivity contribution < 1.29 is 17.9 Å². The minimum Gasteiger partial charge on any atom is -0.489 e. The Labute approximate surface area is 165 Å². The molecule has 1 aliphatic carbocycles. The van der Waals surface area contributed by atoms with Crippen molar-refractivity contribution in [3.05, 3.63) is 65.2 Å². The Hall–Kier alpha value is -1.97. The smallest absolute Gasteiger partial charge is 0.416 e. The van der Waals surface area contributed by atoms with E-state index in [9.17, 15) is 13.2 Å². The third kappa shape index (κ3) is 5.76. The lowest BCUT2D eigenvalue weighted by Gasteiger charge is -2.29. The third-order valence-corrected chi connectivity index (χ3v) is 5.85. The summed E-state index contributed by atoms with van der Waals surface area (Å²) in [4.78, 5) is 0. The molecule has 0 radical (unpaired) electrons. The summed E-state index contributed by atoms with van der Waals surface area (Å²) in [7, 11) is 0. The first kappa shape index (κ1) is 20.8. The lowest BCUT2D eigenvalue weighted by atomic mass is 9.77. The Bertz CT molecular complexity index is 711. The second-order valence-electron chi connectivity index (χ2n) is 7.91. The highest BCUT2D eigenvalue weighted by molar-refractivity contribution is 5.30. The first-order chi connectivity index (χ1) is 13.5. The molecule has 3 rings (SSSR count). The number of benzene rings is 2. The van der Waals surface area contributed by atoms with Gasteiger partial charge in [0.2, 0.25) is 0 Å². The first-order valence-electron chi connectivity index (χ1n) is 10.3. The molecule has 1 fully saturated rings. The largest absolute Gasteiger partial charge is 0.489 e. The van der Waals surface area contributed by atoms with E-state index in [2.05, 4.69) is 31.2 Å². The van der Waals surface area contributed by atoms with Gasteiger partial charge in [-0.25, -0.2) is 0 Å². The number of hydrogen-bond donors (Lipinski definition) is 0. The van der Waals surface area contributed by atoms with Crippen molar-refractivity contribution in [2.75, 3.05) is 0 Å². The predicted molar refractivity (Wildman–Crippen MR) is 106 cm³/mol. The van der Waals surface area contributed by atoms with Crippen molar-refractivity contribution in [3.8, 4) is 5.75 Å². The number of hydrogen-bond acceptors (Lipinski definition) is 1. The van der Waals surface area contributed by atoms with E-state index in [1.165, 1.54) is 62.6 Å². The van der Waals surface area contributed by atoms with Gasteiger partial charge in [-0.1, -0.05) is 50.5 Å². The summed E-state index contributed by atoms with van der Waals surface area (Å²) < 4.78 is 43.4. The van der Waals surface area contributed by atoms with Crippen LogP contribution in [0.5, 0.6) is 5.75 Å². The summed E-state index contributed by atoms with van der Waals surface area (Å²) in [6, 6.07) is 13.4. The molecule has 1 nitrogen and oxygen atoms in total. The van der Waals surface area contributed by atoms with Gasteiger partial charge in [0.05, 0.1) is 5.56 Å². The molecule has 152 valence electrons. The summed E-state index contributed by atoms with van der Waals surface area (Å²) in [5.41, 5.74) is 1.76. The van der Waals surface area contributed by atoms with Crippen molar-refractivity contribution in [1.82, 2.24) is 0 Å². The Balaban J connectivity index is 1.48. The van der Waals surface area contributed by atoms with E-state index >= 15 is 0 Å². The van der Waals surface area contributed by atoms with E-state index < -0.39 is 11.7 Å². The number of ether oxygens (including phenoxy) is 1. The van der Waals surface area contributed by atoms with Gasteiger partial charge in [0.1, 0.15) is 12.4 Å². The van der Waals surface area contributed by atoms with Gasteiger partial charge in [-0.2, -0.15) is 13.2 Å². The molecule has 0 aromatic heterocycles. The van der Waals surface area contributed by atoms with Crippen LogP contribution in [0.25, 0.3) is 0 Å². The van der Waals surface area contributed by atoms with Gasteiger partial charge in [0.15, 0.2) is 0 Å². The molecule has 0 amide bonds. The van der Waals surface area contributed by atoms with Gasteiger partial charge in [-0.05, 0) is 72.9 Å². The van der Waals surface area contributed by atoms with Gasteiger partial charge in [-0.15, -0.1) is 0 Å². The van der Waals surface area contributed by atoms with Crippen LogP contribution in [0, 0.1) is 5.92 Å². The summed E-state index contributed by atoms with van der Waals surface area (Å²) in [5, 5.41) is 0. The molecule has 0 heterocycles. The fourth-order valence-electron chi connectivity index (χ4n) is 4.07. The predicted octanol–water partition coefficient (Wildman–Crippen LogP) is 7.75. The van der Waals surface area contributed by atoms with Crippen molar-refractivity contribution in [2.45, 2.75) is 70.6 Å². The molecule has 0 bridgehead atoms. The van der Waals surface area contributed by atoms with Crippen LogP contribution in [-0.4, -0.2) is 0 Å². The molecule has 0 saturated heterocycles. The second kappa shape index (κ2) is 9.49. The summed E-state index contributed by atoms with van der Waals surface area (Å²) in [5.74, 6) is 2.01. The SMILES string of the molecule is CCCCC1CCC(c2ccc(COc3ccc(C(F)(F)F)cc3)cc2)CC1. The van der Waals surface area contributed by atoms with Crippen LogP contribution in [0.15, 0.2) is 48.5 Å². The van der Waals surface area contributed by atoms with E-state index in [0.29, 0.717) is 18.3 Å². The lowest BCUT2D eigenvalue weighted by molar-refractivity contribution is -0.137. The zero-order valence-corrected chi connectivity index (χ0v) is 16.5. The molecule has 0 aliphatic heterocycles. The van der Waals surface area contributed by atoms with Gasteiger partial charge in [-0.3, -0.25) is 0 Å². The van der Waals surface area contributed by atoms with Crippen LogP contribution < -0.4 is 4.74 Å². The van der Waals surface area contributed by atoms with Crippen LogP contribution in [0.3, 0.4) is 0 Å². The molecule has 1 aliphatic rings. The number of alkyl halides is 3. The first-order valence-corrected chi connectivity index (χ1v) is 10.3. The molecule has 0 N–H and O–H groups in total. The fourth-order valence-corrected chi connectivity index (χ4v) is 4.07. The molecule has 4 heteroatoms. The van der Waals surface area contributed by atoms with Crippen molar-refractivity contribution in [3.63, 3.8) is 0 Å². The topological polar surface area (TPSA) is 9.23 Å². The minimum atomic E-state index is -4.32. The van der Waals surface area contributed by atoms with Gasteiger partial charge >= 0.3 is 6.18 Å². The van der Waals surface area contributed by atoms with E-state index in [4.69, 9.17) is 4.74 Å².